The van der Waals surface area contributed by atoms with Crippen molar-refractivity contribution in [2.75, 3.05) is 13.1 Å². The van der Waals surface area contributed by atoms with Crippen LogP contribution < -0.4 is 0 Å². The largest absolute Gasteiger partial charge is 0.356 e. The Hall–Kier alpha value is -0.660. The zero-order valence-electron chi connectivity index (χ0n) is 19.8. The molecule has 0 aliphatic carbocycles. The Morgan fingerprint density at radius 2 is 0.821 bits per heavy atom. The Kier molecular flexibility index (Phi) is 16.7. The monoisotopic (exact) mass is 392 g/mol. The molecule has 0 spiro atoms. The first-order valence-corrected chi connectivity index (χ1v) is 13.0. The minimum atomic E-state index is 0.645. The first kappa shape index (κ1) is 25.4. The van der Waals surface area contributed by atoms with Crippen LogP contribution in [0.4, 0.5) is 0 Å². The molecule has 28 heavy (non-hydrogen) atoms. The highest BCUT2D eigenvalue weighted by Crippen LogP contribution is 2.23. The number of rotatable bonds is 20. The molecule has 2 nitrogen and oxygen atoms in total. The van der Waals surface area contributed by atoms with Gasteiger partial charge in [0.15, 0.2) is 0 Å². The topological polar surface area (TPSA) is 6.48 Å². The summed E-state index contributed by atoms with van der Waals surface area (Å²) in [5.74, 6) is 0. The minimum Gasteiger partial charge on any atom is -0.356 e. The second kappa shape index (κ2) is 18.4. The lowest BCUT2D eigenvalue weighted by atomic mass is 10.1. The van der Waals surface area contributed by atoms with Crippen molar-refractivity contribution in [1.82, 2.24) is 9.80 Å². The van der Waals surface area contributed by atoms with Gasteiger partial charge in [0.05, 0.1) is 0 Å². The predicted molar refractivity (Wildman–Crippen MR) is 126 cm³/mol. The quantitative estimate of drug-likeness (QED) is 0.192. The molecule has 0 saturated heterocycles. The SMILES string of the molecule is CCCCCCCCCCCN1C=CN(CCCCCCC)C1CCCCC. The van der Waals surface area contributed by atoms with Crippen molar-refractivity contribution in [3.8, 4) is 0 Å². The van der Waals surface area contributed by atoms with Crippen LogP contribution in [-0.2, 0) is 0 Å². The molecule has 1 unspecified atom stereocenters. The zero-order valence-corrected chi connectivity index (χ0v) is 19.8. The third-order valence-electron chi connectivity index (χ3n) is 6.32. The molecule has 2 heteroatoms. The van der Waals surface area contributed by atoms with Crippen LogP contribution >= 0.6 is 0 Å². The van der Waals surface area contributed by atoms with Gasteiger partial charge >= 0.3 is 0 Å². The smallest absolute Gasteiger partial charge is 0.101 e. The molecule has 0 saturated carbocycles. The summed E-state index contributed by atoms with van der Waals surface area (Å²) in [7, 11) is 0. The standard InChI is InChI=1S/C26H52N2/c1-4-7-10-12-13-14-15-17-20-23-28-25-24-27(22-19-16-11-8-5-2)26(28)21-18-9-6-3/h24-26H,4-23H2,1-3H3. The van der Waals surface area contributed by atoms with Gasteiger partial charge in [0, 0.05) is 25.5 Å². The molecule has 0 aromatic rings. The van der Waals surface area contributed by atoms with E-state index in [0.29, 0.717) is 6.17 Å². The summed E-state index contributed by atoms with van der Waals surface area (Å²) < 4.78 is 0. The van der Waals surface area contributed by atoms with Gasteiger partial charge in [0.1, 0.15) is 6.17 Å². The molecule has 1 heterocycles. The Balaban J connectivity index is 2.21. The third kappa shape index (κ3) is 12.0. The van der Waals surface area contributed by atoms with Crippen LogP contribution in [0.3, 0.4) is 0 Å². The highest BCUT2D eigenvalue weighted by atomic mass is 15.4. The Morgan fingerprint density at radius 1 is 0.464 bits per heavy atom. The van der Waals surface area contributed by atoms with Crippen molar-refractivity contribution < 1.29 is 0 Å². The van der Waals surface area contributed by atoms with E-state index < -0.39 is 0 Å². The average molecular weight is 393 g/mol. The van der Waals surface area contributed by atoms with Gasteiger partial charge in [-0.05, 0) is 25.7 Å². The van der Waals surface area contributed by atoms with Crippen molar-refractivity contribution in [3.63, 3.8) is 0 Å². The van der Waals surface area contributed by atoms with E-state index >= 15 is 0 Å². The minimum absolute atomic E-state index is 0.645. The number of hydrogen-bond acceptors (Lipinski definition) is 2. The van der Waals surface area contributed by atoms with Crippen molar-refractivity contribution in [2.45, 2.75) is 143 Å². The van der Waals surface area contributed by atoms with Crippen LogP contribution in [0.15, 0.2) is 12.4 Å². The lowest BCUT2D eigenvalue weighted by Gasteiger charge is -2.33. The molecule has 0 amide bonds. The van der Waals surface area contributed by atoms with Crippen LogP contribution in [0.25, 0.3) is 0 Å². The molecule has 0 radical (unpaired) electrons. The van der Waals surface area contributed by atoms with E-state index in [9.17, 15) is 0 Å². The first-order valence-electron chi connectivity index (χ1n) is 13.0. The summed E-state index contributed by atoms with van der Waals surface area (Å²) in [4.78, 5) is 5.30. The van der Waals surface area contributed by atoms with Gasteiger partial charge in [0.25, 0.3) is 0 Å². The van der Waals surface area contributed by atoms with Crippen LogP contribution in [0, 0.1) is 0 Å². The van der Waals surface area contributed by atoms with E-state index in [1.54, 1.807) is 0 Å². The molecule has 1 atom stereocenters. The van der Waals surface area contributed by atoms with E-state index in [-0.39, 0.29) is 0 Å². The highest BCUT2D eigenvalue weighted by molar-refractivity contribution is 4.96. The lowest BCUT2D eigenvalue weighted by molar-refractivity contribution is 0.135. The van der Waals surface area contributed by atoms with E-state index in [4.69, 9.17) is 0 Å². The fourth-order valence-corrected chi connectivity index (χ4v) is 4.42. The average Bonchev–Trinajstić information content (AvgIpc) is 3.08. The third-order valence-corrected chi connectivity index (χ3v) is 6.32. The zero-order chi connectivity index (χ0) is 20.3. The van der Waals surface area contributed by atoms with Gasteiger partial charge in [-0.2, -0.15) is 0 Å². The Labute approximate surface area is 178 Å². The second-order valence-electron chi connectivity index (χ2n) is 8.99. The van der Waals surface area contributed by atoms with Gasteiger partial charge in [-0.3, -0.25) is 0 Å². The summed E-state index contributed by atoms with van der Waals surface area (Å²) in [5, 5.41) is 0. The molecule has 0 N–H and O–H groups in total. The summed E-state index contributed by atoms with van der Waals surface area (Å²) in [5.41, 5.74) is 0. The fraction of sp³-hybridized carbons (Fsp3) is 0.923. The predicted octanol–water partition coefficient (Wildman–Crippen LogP) is 8.48. The van der Waals surface area contributed by atoms with Crippen molar-refractivity contribution >= 4 is 0 Å². The maximum atomic E-state index is 2.66. The first-order chi connectivity index (χ1) is 13.8. The lowest BCUT2D eigenvalue weighted by Crippen LogP contribution is -2.39. The normalized spacial score (nSPS) is 16.5. The van der Waals surface area contributed by atoms with Gasteiger partial charge < -0.3 is 9.80 Å². The Morgan fingerprint density at radius 3 is 1.25 bits per heavy atom. The summed E-state index contributed by atoms with van der Waals surface area (Å²) in [6.45, 7) is 9.44. The summed E-state index contributed by atoms with van der Waals surface area (Å²) in [6, 6.07) is 0. The van der Waals surface area contributed by atoms with E-state index in [1.807, 2.05) is 0 Å². The second-order valence-corrected chi connectivity index (χ2v) is 8.99. The van der Waals surface area contributed by atoms with Crippen LogP contribution in [0.2, 0.25) is 0 Å². The Bertz CT molecular complexity index is 352. The molecule has 1 aliphatic heterocycles. The molecule has 0 aromatic heterocycles. The summed E-state index contributed by atoms with van der Waals surface area (Å²) >= 11 is 0. The number of unbranched alkanes of at least 4 members (excludes halogenated alkanes) is 14. The van der Waals surface area contributed by atoms with E-state index in [0.717, 1.165) is 0 Å². The van der Waals surface area contributed by atoms with Crippen LogP contribution in [-0.4, -0.2) is 29.1 Å². The van der Waals surface area contributed by atoms with Gasteiger partial charge in [0.2, 0.25) is 0 Å². The maximum absolute atomic E-state index is 2.66. The van der Waals surface area contributed by atoms with Crippen LogP contribution in [0.5, 0.6) is 0 Å². The van der Waals surface area contributed by atoms with Crippen molar-refractivity contribution in [2.24, 2.45) is 0 Å². The fourth-order valence-electron chi connectivity index (χ4n) is 4.42. The number of nitrogens with zero attached hydrogens (tertiary/aromatic N) is 2. The molecular formula is C26H52N2. The van der Waals surface area contributed by atoms with Gasteiger partial charge in [-0.1, -0.05) is 111 Å². The van der Waals surface area contributed by atoms with E-state index in [2.05, 4.69) is 43.0 Å². The molecule has 0 bridgehead atoms. The molecule has 0 fully saturated rings. The molecule has 1 rings (SSSR count). The molecular weight excluding hydrogens is 340 g/mol. The van der Waals surface area contributed by atoms with Gasteiger partial charge in [-0.15, -0.1) is 0 Å². The maximum Gasteiger partial charge on any atom is 0.101 e. The van der Waals surface area contributed by atoms with Crippen molar-refractivity contribution in [1.29, 1.82) is 0 Å². The highest BCUT2D eigenvalue weighted by Gasteiger charge is 2.24. The van der Waals surface area contributed by atoms with E-state index in [1.165, 1.54) is 129 Å². The molecule has 1 aliphatic rings. The van der Waals surface area contributed by atoms with Crippen LogP contribution in [0.1, 0.15) is 136 Å². The van der Waals surface area contributed by atoms with Gasteiger partial charge in [-0.25, -0.2) is 0 Å². The summed E-state index contributed by atoms with van der Waals surface area (Å²) in [6.07, 6.45) is 30.6. The molecule has 0 aromatic carbocycles. The molecule has 166 valence electrons. The van der Waals surface area contributed by atoms with Crippen molar-refractivity contribution in [3.05, 3.63) is 12.4 Å². The number of hydrogen-bond donors (Lipinski definition) is 0.